The van der Waals surface area contributed by atoms with Crippen LogP contribution in [0.4, 0.5) is 0 Å². The van der Waals surface area contributed by atoms with Gasteiger partial charge in [0.1, 0.15) is 0 Å². The van der Waals surface area contributed by atoms with Gasteiger partial charge in [0.05, 0.1) is 16.3 Å². The second-order valence-corrected chi connectivity index (χ2v) is 6.42. The molecule has 0 amide bonds. The van der Waals surface area contributed by atoms with Gasteiger partial charge in [0.15, 0.2) is 5.96 Å². The van der Waals surface area contributed by atoms with Crippen molar-refractivity contribution < 1.29 is 4.74 Å². The number of hydrogen-bond acceptors (Lipinski definition) is 4. The van der Waals surface area contributed by atoms with E-state index < -0.39 is 0 Å². The quantitative estimate of drug-likeness (QED) is 0.642. The van der Waals surface area contributed by atoms with Crippen LogP contribution in [0, 0.1) is 6.92 Å². The molecule has 2 N–H and O–H groups in total. The van der Waals surface area contributed by atoms with Crippen LogP contribution in [0.25, 0.3) is 0 Å². The fraction of sp³-hybridized carbons (Fsp3) is 0.714. The van der Waals surface area contributed by atoms with Gasteiger partial charge in [-0.1, -0.05) is 0 Å². The molecule has 112 valence electrons. The Morgan fingerprint density at radius 2 is 2.40 bits per heavy atom. The largest absolute Gasteiger partial charge is 0.373 e. The molecule has 1 aliphatic rings. The van der Waals surface area contributed by atoms with E-state index in [0.717, 1.165) is 55.6 Å². The summed E-state index contributed by atoms with van der Waals surface area (Å²) < 4.78 is 5.76. The van der Waals surface area contributed by atoms with E-state index in [-0.39, 0.29) is 5.60 Å². The normalized spacial score (nSPS) is 23.1. The molecule has 20 heavy (non-hydrogen) atoms. The Labute approximate surface area is 124 Å². The van der Waals surface area contributed by atoms with E-state index in [1.165, 1.54) is 0 Å². The van der Waals surface area contributed by atoms with Crippen LogP contribution < -0.4 is 10.6 Å². The fourth-order valence-corrected chi connectivity index (χ4v) is 2.95. The average molecular weight is 296 g/mol. The first kappa shape index (κ1) is 15.3. The number of aryl methyl sites for hydroxylation is 1. The van der Waals surface area contributed by atoms with Crippen molar-refractivity contribution >= 4 is 17.3 Å². The maximum absolute atomic E-state index is 5.76. The van der Waals surface area contributed by atoms with Crippen LogP contribution in [0.1, 0.15) is 30.5 Å². The number of hydrogen-bond donors (Lipinski definition) is 2. The average Bonchev–Trinajstić information content (AvgIpc) is 3.03. The Hall–Kier alpha value is -1.14. The van der Waals surface area contributed by atoms with E-state index in [9.17, 15) is 0 Å². The molecule has 0 aliphatic carbocycles. The summed E-state index contributed by atoms with van der Waals surface area (Å²) in [7, 11) is 1.79. The molecule has 1 aromatic rings. The van der Waals surface area contributed by atoms with E-state index in [4.69, 9.17) is 4.74 Å². The monoisotopic (exact) mass is 296 g/mol. The molecule has 1 fully saturated rings. The Morgan fingerprint density at radius 1 is 1.55 bits per heavy atom. The minimum Gasteiger partial charge on any atom is -0.373 e. The first-order chi connectivity index (χ1) is 9.61. The molecule has 2 heterocycles. The zero-order valence-electron chi connectivity index (χ0n) is 12.5. The van der Waals surface area contributed by atoms with E-state index in [2.05, 4.69) is 32.9 Å². The first-order valence-corrected chi connectivity index (χ1v) is 7.99. The van der Waals surface area contributed by atoms with Gasteiger partial charge in [0, 0.05) is 38.5 Å². The van der Waals surface area contributed by atoms with Crippen LogP contribution in [-0.2, 0) is 11.2 Å². The highest BCUT2D eigenvalue weighted by atomic mass is 32.1. The smallest absolute Gasteiger partial charge is 0.191 e. The van der Waals surface area contributed by atoms with Crippen molar-refractivity contribution in [3.8, 4) is 0 Å². The molecule has 0 bridgehead atoms. The fourth-order valence-electron chi connectivity index (χ4n) is 2.30. The highest BCUT2D eigenvalue weighted by Crippen LogP contribution is 2.23. The van der Waals surface area contributed by atoms with Crippen molar-refractivity contribution in [2.45, 2.75) is 38.7 Å². The van der Waals surface area contributed by atoms with Crippen LogP contribution in [0.5, 0.6) is 0 Å². The van der Waals surface area contributed by atoms with Gasteiger partial charge in [-0.15, -0.1) is 11.3 Å². The third-order valence-corrected chi connectivity index (χ3v) is 4.32. The second kappa shape index (κ2) is 7.04. The van der Waals surface area contributed by atoms with Gasteiger partial charge >= 0.3 is 0 Å². The third-order valence-electron chi connectivity index (χ3n) is 3.49. The van der Waals surface area contributed by atoms with Crippen molar-refractivity contribution in [2.75, 3.05) is 26.7 Å². The van der Waals surface area contributed by atoms with Gasteiger partial charge in [0.25, 0.3) is 0 Å². The molecule has 5 nitrogen and oxygen atoms in total. The van der Waals surface area contributed by atoms with Gasteiger partial charge in [-0.05, 0) is 26.7 Å². The molecular weight excluding hydrogens is 272 g/mol. The number of guanidine groups is 1. The molecule has 0 saturated carbocycles. The summed E-state index contributed by atoms with van der Waals surface area (Å²) in [6, 6.07) is 0. The summed E-state index contributed by atoms with van der Waals surface area (Å²) in [5, 5.41) is 9.89. The summed E-state index contributed by atoms with van der Waals surface area (Å²) in [5.41, 5.74) is 1.09. The highest BCUT2D eigenvalue weighted by Gasteiger charge is 2.29. The zero-order chi connectivity index (χ0) is 14.4. The topological polar surface area (TPSA) is 58.5 Å². The summed E-state index contributed by atoms with van der Waals surface area (Å²) in [6.07, 6.45) is 3.17. The summed E-state index contributed by atoms with van der Waals surface area (Å²) >= 11 is 1.69. The van der Waals surface area contributed by atoms with E-state index in [1.807, 2.05) is 6.92 Å². The Kier molecular flexibility index (Phi) is 5.37. The summed E-state index contributed by atoms with van der Waals surface area (Å²) in [6.45, 7) is 6.68. The minimum atomic E-state index is -0.0519. The van der Waals surface area contributed by atoms with Gasteiger partial charge in [-0.3, -0.25) is 4.99 Å². The lowest BCUT2D eigenvalue weighted by molar-refractivity contribution is 0.0243. The third kappa shape index (κ3) is 4.45. The molecular formula is C14H24N4OS. The van der Waals surface area contributed by atoms with Crippen molar-refractivity contribution in [2.24, 2.45) is 4.99 Å². The molecule has 1 aliphatic heterocycles. The summed E-state index contributed by atoms with van der Waals surface area (Å²) in [4.78, 5) is 8.69. The second-order valence-electron chi connectivity index (χ2n) is 5.36. The van der Waals surface area contributed by atoms with Crippen LogP contribution in [0.3, 0.4) is 0 Å². The molecule has 1 unspecified atom stereocenters. The van der Waals surface area contributed by atoms with Gasteiger partial charge in [-0.2, -0.15) is 0 Å². The van der Waals surface area contributed by atoms with Gasteiger partial charge in [0.2, 0.25) is 0 Å². The molecule has 0 aromatic carbocycles. The zero-order valence-corrected chi connectivity index (χ0v) is 13.3. The number of thiazole rings is 1. The Bertz CT molecular complexity index is 452. The molecule has 1 atom stereocenters. The van der Waals surface area contributed by atoms with Crippen molar-refractivity contribution in [1.29, 1.82) is 0 Å². The van der Waals surface area contributed by atoms with Gasteiger partial charge in [-0.25, -0.2) is 4.98 Å². The minimum absolute atomic E-state index is 0.0519. The van der Waals surface area contributed by atoms with E-state index in [0.29, 0.717) is 0 Å². The molecule has 6 heteroatoms. The number of aliphatic imine (C=N–C) groups is 1. The van der Waals surface area contributed by atoms with Crippen molar-refractivity contribution in [3.63, 3.8) is 0 Å². The molecule has 1 aromatic heterocycles. The Morgan fingerprint density at radius 3 is 3.00 bits per heavy atom. The molecule has 0 spiro atoms. The lowest BCUT2D eigenvalue weighted by Crippen LogP contribution is -2.45. The van der Waals surface area contributed by atoms with Crippen LogP contribution >= 0.6 is 11.3 Å². The molecule has 0 radical (unpaired) electrons. The lowest BCUT2D eigenvalue weighted by Gasteiger charge is -2.24. The number of nitrogens with zero attached hydrogens (tertiary/aromatic N) is 2. The van der Waals surface area contributed by atoms with Crippen LogP contribution in [-0.4, -0.2) is 43.3 Å². The Balaban J connectivity index is 1.70. The highest BCUT2D eigenvalue weighted by molar-refractivity contribution is 7.09. The predicted molar refractivity (Wildman–Crippen MR) is 83.5 cm³/mol. The number of rotatable bonds is 5. The van der Waals surface area contributed by atoms with E-state index >= 15 is 0 Å². The van der Waals surface area contributed by atoms with E-state index in [1.54, 1.807) is 18.4 Å². The standard InChI is InChI=1S/C14H24N4OS/c1-11-18-12(9-20-11)5-7-16-13(15-3)17-10-14(2)6-4-8-19-14/h9H,4-8,10H2,1-3H3,(H2,15,16,17). The predicted octanol–water partition coefficient (Wildman–Crippen LogP) is 1.73. The SMILES string of the molecule is CN=C(NCCc1csc(C)n1)NCC1(C)CCCO1. The lowest BCUT2D eigenvalue weighted by atomic mass is 10.0. The molecule has 2 rings (SSSR count). The summed E-state index contributed by atoms with van der Waals surface area (Å²) in [5.74, 6) is 0.827. The van der Waals surface area contributed by atoms with Crippen LogP contribution in [0.2, 0.25) is 0 Å². The first-order valence-electron chi connectivity index (χ1n) is 7.11. The number of aromatic nitrogens is 1. The van der Waals surface area contributed by atoms with Gasteiger partial charge < -0.3 is 15.4 Å². The maximum atomic E-state index is 5.76. The number of ether oxygens (including phenoxy) is 1. The van der Waals surface area contributed by atoms with Crippen molar-refractivity contribution in [3.05, 3.63) is 16.1 Å². The van der Waals surface area contributed by atoms with Crippen molar-refractivity contribution in [1.82, 2.24) is 15.6 Å². The molecule has 1 saturated heterocycles. The maximum Gasteiger partial charge on any atom is 0.191 e. The van der Waals surface area contributed by atoms with Crippen LogP contribution in [0.15, 0.2) is 10.4 Å². The number of nitrogens with one attached hydrogen (secondary N) is 2.